The Labute approximate surface area is 167 Å². The molecule has 0 radical (unpaired) electrons. The van der Waals surface area contributed by atoms with Crippen LogP contribution in [0.1, 0.15) is 21.6 Å². The number of fused-ring (bicyclic) bond motifs is 2. The molecule has 0 saturated carbocycles. The van der Waals surface area contributed by atoms with Crippen molar-refractivity contribution in [3.05, 3.63) is 71.4 Å². The van der Waals surface area contributed by atoms with Crippen molar-refractivity contribution >= 4 is 23.1 Å². The van der Waals surface area contributed by atoms with Crippen LogP contribution in [0.5, 0.6) is 11.5 Å². The van der Waals surface area contributed by atoms with E-state index in [0.29, 0.717) is 28.7 Å². The number of benzene rings is 2. The molecule has 1 aromatic heterocycles. The lowest BCUT2D eigenvalue weighted by atomic mass is 10.1. The van der Waals surface area contributed by atoms with Crippen LogP contribution in [0.2, 0.25) is 0 Å². The molecule has 1 amide bonds. The highest BCUT2D eigenvalue weighted by atomic mass is 16.7. The summed E-state index contributed by atoms with van der Waals surface area (Å²) in [6.07, 6.45) is 1.64. The van der Waals surface area contributed by atoms with Crippen molar-refractivity contribution in [1.82, 2.24) is 10.3 Å². The van der Waals surface area contributed by atoms with Gasteiger partial charge in [0.1, 0.15) is 11.5 Å². The van der Waals surface area contributed by atoms with Gasteiger partial charge in [-0.15, -0.1) is 0 Å². The lowest BCUT2D eigenvalue weighted by Crippen LogP contribution is -2.35. The highest BCUT2D eigenvalue weighted by Gasteiger charge is 2.24. The zero-order valence-corrected chi connectivity index (χ0v) is 15.6. The van der Waals surface area contributed by atoms with Gasteiger partial charge in [0.15, 0.2) is 11.5 Å². The number of para-hydroxylation sites is 1. The van der Waals surface area contributed by atoms with Gasteiger partial charge in [0.2, 0.25) is 6.79 Å². The number of amides is 1. The van der Waals surface area contributed by atoms with Gasteiger partial charge in [-0.25, -0.2) is 4.98 Å². The first-order valence-corrected chi connectivity index (χ1v) is 9.46. The van der Waals surface area contributed by atoms with Crippen LogP contribution in [0.3, 0.4) is 0 Å². The maximum absolute atomic E-state index is 12.8. The number of aromatic nitrogens is 1. The molecule has 0 bridgehead atoms. The van der Waals surface area contributed by atoms with Crippen molar-refractivity contribution in [3.63, 3.8) is 0 Å². The molecular weight excluding hydrogens is 368 g/mol. The quantitative estimate of drug-likeness (QED) is 0.635. The van der Waals surface area contributed by atoms with E-state index in [-0.39, 0.29) is 24.4 Å². The SMILES string of the molecule is Nc1cc(Nc2cccc3c2OCO3)nc(C(=O)NC2Cc3ccccc3C2)c1. The molecule has 0 spiro atoms. The fraction of sp³-hybridized carbons (Fsp3) is 0.182. The predicted octanol–water partition coefficient (Wildman–Crippen LogP) is 3.03. The predicted molar refractivity (Wildman–Crippen MR) is 110 cm³/mol. The minimum atomic E-state index is -0.240. The highest BCUT2D eigenvalue weighted by molar-refractivity contribution is 5.94. The Bertz CT molecular complexity index is 1070. The van der Waals surface area contributed by atoms with Crippen LogP contribution in [0.4, 0.5) is 17.2 Å². The van der Waals surface area contributed by atoms with Crippen LogP contribution < -0.4 is 25.8 Å². The molecule has 1 aliphatic heterocycles. The standard InChI is InChI=1S/C22H20N4O3/c23-15-10-18(22(27)24-16-8-13-4-1-2-5-14(13)9-16)26-20(11-15)25-17-6-3-7-19-21(17)29-12-28-19/h1-7,10-11,16H,8-9,12H2,(H,24,27)(H3,23,25,26). The third-order valence-corrected chi connectivity index (χ3v) is 5.13. The first-order valence-electron chi connectivity index (χ1n) is 9.46. The summed E-state index contributed by atoms with van der Waals surface area (Å²) >= 11 is 0. The van der Waals surface area contributed by atoms with Gasteiger partial charge in [0.05, 0.1) is 5.69 Å². The third kappa shape index (κ3) is 3.42. The van der Waals surface area contributed by atoms with E-state index >= 15 is 0 Å². The van der Waals surface area contributed by atoms with Crippen LogP contribution in [-0.4, -0.2) is 23.7 Å². The van der Waals surface area contributed by atoms with Gasteiger partial charge >= 0.3 is 0 Å². The van der Waals surface area contributed by atoms with Crippen molar-refractivity contribution in [1.29, 1.82) is 0 Å². The number of hydrogen-bond acceptors (Lipinski definition) is 6. The van der Waals surface area contributed by atoms with Crippen molar-refractivity contribution in [2.45, 2.75) is 18.9 Å². The Morgan fingerprint density at radius 3 is 2.62 bits per heavy atom. The van der Waals surface area contributed by atoms with Crippen molar-refractivity contribution < 1.29 is 14.3 Å². The molecule has 1 aliphatic carbocycles. The molecule has 4 N–H and O–H groups in total. The van der Waals surface area contributed by atoms with E-state index in [2.05, 4.69) is 27.8 Å². The van der Waals surface area contributed by atoms with E-state index in [9.17, 15) is 4.79 Å². The van der Waals surface area contributed by atoms with Gasteiger partial charge in [0.25, 0.3) is 5.91 Å². The van der Waals surface area contributed by atoms with Gasteiger partial charge in [0, 0.05) is 17.8 Å². The third-order valence-electron chi connectivity index (χ3n) is 5.13. The summed E-state index contributed by atoms with van der Waals surface area (Å²) in [4.78, 5) is 17.2. The zero-order valence-electron chi connectivity index (χ0n) is 15.6. The Balaban J connectivity index is 1.33. The Hall–Kier alpha value is -3.74. The van der Waals surface area contributed by atoms with E-state index in [1.54, 1.807) is 12.1 Å². The number of ether oxygens (including phenoxy) is 2. The van der Waals surface area contributed by atoms with Crippen molar-refractivity contribution in [3.8, 4) is 11.5 Å². The fourth-order valence-corrected chi connectivity index (χ4v) is 3.82. The Kier molecular flexibility index (Phi) is 4.20. The number of hydrogen-bond donors (Lipinski definition) is 3. The molecule has 0 saturated heterocycles. The first kappa shape index (κ1) is 17.4. The molecule has 5 rings (SSSR count). The summed E-state index contributed by atoms with van der Waals surface area (Å²) < 4.78 is 10.9. The van der Waals surface area contributed by atoms with Gasteiger partial charge < -0.3 is 25.8 Å². The van der Waals surface area contributed by atoms with Crippen LogP contribution in [-0.2, 0) is 12.8 Å². The van der Waals surface area contributed by atoms with Crippen molar-refractivity contribution in [2.75, 3.05) is 17.8 Å². The van der Waals surface area contributed by atoms with Crippen LogP contribution in [0.15, 0.2) is 54.6 Å². The zero-order chi connectivity index (χ0) is 19.8. The second kappa shape index (κ2) is 7.01. The largest absolute Gasteiger partial charge is 0.454 e. The normalized spacial score (nSPS) is 14.5. The lowest BCUT2D eigenvalue weighted by Gasteiger charge is -2.14. The topological polar surface area (TPSA) is 98.5 Å². The summed E-state index contributed by atoms with van der Waals surface area (Å²) in [7, 11) is 0. The van der Waals surface area contributed by atoms with Gasteiger partial charge in [-0.2, -0.15) is 0 Å². The molecule has 2 aliphatic rings. The average Bonchev–Trinajstić information content (AvgIpc) is 3.34. The maximum atomic E-state index is 12.8. The maximum Gasteiger partial charge on any atom is 0.270 e. The van der Waals surface area contributed by atoms with Crippen LogP contribution >= 0.6 is 0 Å². The Morgan fingerprint density at radius 1 is 1.03 bits per heavy atom. The second-order valence-corrected chi connectivity index (χ2v) is 7.18. The van der Waals surface area contributed by atoms with E-state index < -0.39 is 0 Å². The molecule has 0 atom stereocenters. The lowest BCUT2D eigenvalue weighted by molar-refractivity contribution is 0.0933. The number of nitrogens with two attached hydrogens (primary N) is 1. The fourth-order valence-electron chi connectivity index (χ4n) is 3.82. The van der Waals surface area contributed by atoms with Gasteiger partial charge in [-0.1, -0.05) is 30.3 Å². The van der Waals surface area contributed by atoms with Gasteiger partial charge in [-0.05, 0) is 42.2 Å². The number of carbonyl (C=O) groups excluding carboxylic acids is 1. The minimum Gasteiger partial charge on any atom is -0.454 e. The summed E-state index contributed by atoms with van der Waals surface area (Å²) in [5.41, 5.74) is 10.0. The van der Waals surface area contributed by atoms with Crippen molar-refractivity contribution in [2.24, 2.45) is 0 Å². The molecule has 2 aromatic carbocycles. The van der Waals surface area contributed by atoms with Gasteiger partial charge in [-0.3, -0.25) is 4.79 Å². The van der Waals surface area contributed by atoms with E-state index in [0.717, 1.165) is 12.8 Å². The number of carbonyl (C=O) groups is 1. The molecule has 146 valence electrons. The molecular formula is C22H20N4O3. The summed E-state index contributed by atoms with van der Waals surface area (Å²) in [6, 6.07) is 17.1. The summed E-state index contributed by atoms with van der Waals surface area (Å²) in [5.74, 6) is 1.51. The summed E-state index contributed by atoms with van der Waals surface area (Å²) in [6.45, 7) is 0.176. The van der Waals surface area contributed by atoms with E-state index in [4.69, 9.17) is 15.2 Å². The highest BCUT2D eigenvalue weighted by Crippen LogP contribution is 2.40. The monoisotopic (exact) mass is 388 g/mol. The second-order valence-electron chi connectivity index (χ2n) is 7.18. The first-order chi connectivity index (χ1) is 14.2. The molecule has 0 unspecified atom stereocenters. The van der Waals surface area contributed by atoms with E-state index in [1.165, 1.54) is 11.1 Å². The smallest absolute Gasteiger partial charge is 0.270 e. The van der Waals surface area contributed by atoms with Crippen LogP contribution in [0, 0.1) is 0 Å². The molecule has 0 fully saturated rings. The summed E-state index contributed by atoms with van der Waals surface area (Å²) in [5, 5.41) is 6.24. The molecule has 2 heterocycles. The minimum absolute atomic E-state index is 0.0579. The number of nitrogen functional groups attached to an aromatic ring is 1. The molecule has 7 nitrogen and oxygen atoms in total. The molecule has 3 aromatic rings. The van der Waals surface area contributed by atoms with Crippen LogP contribution in [0.25, 0.3) is 0 Å². The number of nitrogens with one attached hydrogen (secondary N) is 2. The number of anilines is 3. The Morgan fingerprint density at radius 2 is 1.83 bits per heavy atom. The average molecular weight is 388 g/mol. The molecule has 29 heavy (non-hydrogen) atoms. The number of nitrogens with zero attached hydrogens (tertiary/aromatic N) is 1. The number of rotatable bonds is 4. The van der Waals surface area contributed by atoms with E-state index in [1.807, 2.05) is 30.3 Å². The number of pyridine rings is 1. The molecule has 7 heteroatoms.